The Morgan fingerprint density at radius 2 is 1.95 bits per heavy atom. The standard InChI is InChI=1S/C14H13FN4O/c1-10-4-5-16-9-12(10)19-7-6-18(14(19)20)11-2-3-13(15)17-8-11/h2-5,8-9H,6-7H2,1H3. The van der Waals surface area contributed by atoms with Gasteiger partial charge in [-0.1, -0.05) is 0 Å². The summed E-state index contributed by atoms with van der Waals surface area (Å²) in [5.74, 6) is -0.555. The molecule has 1 aliphatic heterocycles. The molecule has 0 bridgehead atoms. The van der Waals surface area contributed by atoms with Gasteiger partial charge in [-0.15, -0.1) is 0 Å². The third-order valence-electron chi connectivity index (χ3n) is 3.33. The number of anilines is 2. The molecule has 0 aromatic carbocycles. The number of nitrogens with zero attached hydrogens (tertiary/aromatic N) is 4. The lowest BCUT2D eigenvalue weighted by Gasteiger charge is -2.19. The molecule has 3 heterocycles. The first-order chi connectivity index (χ1) is 9.66. The smallest absolute Gasteiger partial charge is 0.291 e. The van der Waals surface area contributed by atoms with Crippen molar-refractivity contribution in [3.63, 3.8) is 0 Å². The van der Waals surface area contributed by atoms with Gasteiger partial charge >= 0.3 is 6.03 Å². The molecule has 1 aliphatic rings. The minimum atomic E-state index is -0.555. The molecule has 1 fully saturated rings. The highest BCUT2D eigenvalue weighted by atomic mass is 19.1. The van der Waals surface area contributed by atoms with Crippen LogP contribution in [0, 0.1) is 12.9 Å². The molecule has 0 saturated carbocycles. The van der Waals surface area contributed by atoms with Gasteiger partial charge in [0, 0.05) is 19.3 Å². The van der Waals surface area contributed by atoms with E-state index in [4.69, 9.17) is 0 Å². The van der Waals surface area contributed by atoms with Gasteiger partial charge in [0.05, 0.1) is 23.8 Å². The highest BCUT2D eigenvalue weighted by Gasteiger charge is 2.31. The molecule has 3 rings (SSSR count). The van der Waals surface area contributed by atoms with E-state index in [9.17, 15) is 9.18 Å². The molecule has 20 heavy (non-hydrogen) atoms. The number of hydrogen-bond donors (Lipinski definition) is 0. The molecule has 0 N–H and O–H groups in total. The average molecular weight is 272 g/mol. The average Bonchev–Trinajstić information content (AvgIpc) is 2.82. The number of aromatic nitrogens is 2. The van der Waals surface area contributed by atoms with E-state index < -0.39 is 5.95 Å². The van der Waals surface area contributed by atoms with Gasteiger partial charge in [0.25, 0.3) is 0 Å². The molecule has 2 aromatic rings. The van der Waals surface area contributed by atoms with Crippen molar-refractivity contribution in [2.45, 2.75) is 6.92 Å². The molecule has 0 spiro atoms. The van der Waals surface area contributed by atoms with E-state index in [1.807, 2.05) is 13.0 Å². The maximum atomic E-state index is 12.8. The summed E-state index contributed by atoms with van der Waals surface area (Å²) in [4.78, 5) is 23.3. The molecule has 6 heteroatoms. The Hall–Kier alpha value is -2.50. The van der Waals surface area contributed by atoms with Crippen LogP contribution in [-0.4, -0.2) is 29.1 Å². The fourth-order valence-corrected chi connectivity index (χ4v) is 2.27. The van der Waals surface area contributed by atoms with Gasteiger partial charge < -0.3 is 0 Å². The van der Waals surface area contributed by atoms with Crippen molar-refractivity contribution in [1.82, 2.24) is 9.97 Å². The Balaban J connectivity index is 1.88. The maximum absolute atomic E-state index is 12.8. The normalized spacial score (nSPS) is 15.0. The summed E-state index contributed by atoms with van der Waals surface area (Å²) >= 11 is 0. The summed E-state index contributed by atoms with van der Waals surface area (Å²) in [5, 5.41) is 0. The molecule has 2 aromatic heterocycles. The number of hydrogen-bond acceptors (Lipinski definition) is 3. The van der Waals surface area contributed by atoms with Gasteiger partial charge in [0.2, 0.25) is 5.95 Å². The van der Waals surface area contributed by atoms with Crippen molar-refractivity contribution in [3.8, 4) is 0 Å². The number of carbonyl (C=O) groups is 1. The van der Waals surface area contributed by atoms with Gasteiger partial charge in [-0.2, -0.15) is 4.39 Å². The monoisotopic (exact) mass is 272 g/mol. The quantitative estimate of drug-likeness (QED) is 0.789. The summed E-state index contributed by atoms with van der Waals surface area (Å²) in [5.41, 5.74) is 2.39. The van der Waals surface area contributed by atoms with Crippen LogP contribution in [0.2, 0.25) is 0 Å². The van der Waals surface area contributed by atoms with Crippen LogP contribution >= 0.6 is 0 Å². The zero-order chi connectivity index (χ0) is 14.1. The third-order valence-corrected chi connectivity index (χ3v) is 3.33. The number of rotatable bonds is 2. The zero-order valence-corrected chi connectivity index (χ0v) is 11.0. The van der Waals surface area contributed by atoms with Crippen LogP contribution in [0.3, 0.4) is 0 Å². The minimum Gasteiger partial charge on any atom is -0.291 e. The lowest BCUT2D eigenvalue weighted by molar-refractivity contribution is 0.256. The van der Waals surface area contributed by atoms with Crippen molar-refractivity contribution in [2.24, 2.45) is 0 Å². The van der Waals surface area contributed by atoms with Crippen LogP contribution in [0.25, 0.3) is 0 Å². The highest BCUT2D eigenvalue weighted by Crippen LogP contribution is 2.26. The lowest BCUT2D eigenvalue weighted by Crippen LogP contribution is -2.32. The maximum Gasteiger partial charge on any atom is 0.329 e. The summed E-state index contributed by atoms with van der Waals surface area (Å²) in [6, 6.07) is 4.53. The Morgan fingerprint density at radius 3 is 2.65 bits per heavy atom. The van der Waals surface area contributed by atoms with Crippen LogP contribution in [0.5, 0.6) is 0 Å². The molecular weight excluding hydrogens is 259 g/mol. The van der Waals surface area contributed by atoms with E-state index in [1.54, 1.807) is 28.3 Å². The molecule has 0 aliphatic carbocycles. The second kappa shape index (κ2) is 4.88. The van der Waals surface area contributed by atoms with Crippen molar-refractivity contribution in [3.05, 3.63) is 48.3 Å². The van der Waals surface area contributed by atoms with Crippen LogP contribution in [-0.2, 0) is 0 Å². The van der Waals surface area contributed by atoms with Gasteiger partial charge in [-0.3, -0.25) is 14.8 Å². The van der Waals surface area contributed by atoms with Crippen LogP contribution in [0.15, 0.2) is 36.8 Å². The molecule has 0 atom stereocenters. The number of carbonyl (C=O) groups excluding carboxylic acids is 1. The first-order valence-corrected chi connectivity index (χ1v) is 6.28. The lowest BCUT2D eigenvalue weighted by atomic mass is 10.2. The van der Waals surface area contributed by atoms with E-state index in [2.05, 4.69) is 9.97 Å². The van der Waals surface area contributed by atoms with Crippen molar-refractivity contribution < 1.29 is 9.18 Å². The number of halogens is 1. The number of aryl methyl sites for hydroxylation is 1. The Labute approximate surface area is 115 Å². The first-order valence-electron chi connectivity index (χ1n) is 6.28. The molecular formula is C14H13FN4O. The summed E-state index contributed by atoms with van der Waals surface area (Å²) in [7, 11) is 0. The summed E-state index contributed by atoms with van der Waals surface area (Å²) in [6.07, 6.45) is 4.74. The SMILES string of the molecule is Cc1ccncc1N1CCN(c2ccc(F)nc2)C1=O. The zero-order valence-electron chi connectivity index (χ0n) is 11.0. The predicted octanol–water partition coefficient (Wildman–Crippen LogP) is 2.37. The van der Waals surface area contributed by atoms with E-state index >= 15 is 0 Å². The Kier molecular flexibility index (Phi) is 3.06. The highest BCUT2D eigenvalue weighted by molar-refractivity contribution is 6.06. The second-order valence-corrected chi connectivity index (χ2v) is 4.59. The molecule has 0 radical (unpaired) electrons. The van der Waals surface area contributed by atoms with Crippen molar-refractivity contribution in [1.29, 1.82) is 0 Å². The molecule has 102 valence electrons. The van der Waals surface area contributed by atoms with Gasteiger partial charge in [-0.25, -0.2) is 9.78 Å². The van der Waals surface area contributed by atoms with Gasteiger partial charge in [0.1, 0.15) is 0 Å². The van der Waals surface area contributed by atoms with Crippen LogP contribution < -0.4 is 9.80 Å². The minimum absolute atomic E-state index is 0.144. The number of amides is 2. The van der Waals surface area contributed by atoms with E-state index in [-0.39, 0.29) is 6.03 Å². The van der Waals surface area contributed by atoms with E-state index in [0.717, 1.165) is 11.3 Å². The predicted molar refractivity (Wildman–Crippen MR) is 73.3 cm³/mol. The second-order valence-electron chi connectivity index (χ2n) is 4.59. The van der Waals surface area contributed by atoms with Gasteiger partial charge in [-0.05, 0) is 30.7 Å². The van der Waals surface area contributed by atoms with Crippen LogP contribution in [0.1, 0.15) is 5.56 Å². The van der Waals surface area contributed by atoms with Crippen molar-refractivity contribution >= 4 is 17.4 Å². The van der Waals surface area contributed by atoms with Crippen molar-refractivity contribution in [2.75, 3.05) is 22.9 Å². The Morgan fingerprint density at radius 1 is 1.15 bits per heavy atom. The van der Waals surface area contributed by atoms with Gasteiger partial charge in [0.15, 0.2) is 0 Å². The molecule has 2 amide bonds. The van der Waals surface area contributed by atoms with Crippen LogP contribution in [0.4, 0.5) is 20.6 Å². The third kappa shape index (κ3) is 2.09. The number of pyridine rings is 2. The number of urea groups is 1. The Bertz CT molecular complexity index is 644. The summed E-state index contributed by atoms with van der Waals surface area (Å²) in [6.45, 7) is 3.05. The van der Waals surface area contributed by atoms with E-state index in [0.29, 0.717) is 18.8 Å². The summed E-state index contributed by atoms with van der Waals surface area (Å²) < 4.78 is 12.8. The molecule has 1 saturated heterocycles. The fourth-order valence-electron chi connectivity index (χ4n) is 2.27. The largest absolute Gasteiger partial charge is 0.329 e. The van der Waals surface area contributed by atoms with E-state index in [1.165, 1.54) is 12.3 Å². The fraction of sp³-hybridized carbons (Fsp3) is 0.214. The molecule has 0 unspecified atom stereocenters. The topological polar surface area (TPSA) is 49.3 Å². The molecule has 5 nitrogen and oxygen atoms in total. The first kappa shape index (κ1) is 12.5.